The first-order valence-corrected chi connectivity index (χ1v) is 8.63. The van der Waals surface area contributed by atoms with Gasteiger partial charge in [-0.3, -0.25) is 9.59 Å². The monoisotopic (exact) mass is 363 g/mol. The van der Waals surface area contributed by atoms with Crippen molar-refractivity contribution in [3.63, 3.8) is 0 Å². The average Bonchev–Trinajstić information content (AvgIpc) is 2.98. The van der Waals surface area contributed by atoms with Gasteiger partial charge >= 0.3 is 0 Å². The molecule has 1 aliphatic heterocycles. The van der Waals surface area contributed by atoms with Gasteiger partial charge in [0.1, 0.15) is 17.4 Å². The predicted molar refractivity (Wildman–Crippen MR) is 102 cm³/mol. The zero-order chi connectivity index (χ0) is 19.6. The van der Waals surface area contributed by atoms with Crippen LogP contribution in [0.15, 0.2) is 30.3 Å². The van der Waals surface area contributed by atoms with Crippen LogP contribution in [0.4, 0.5) is 0 Å². The lowest BCUT2D eigenvalue weighted by Gasteiger charge is -2.11. The number of rotatable bonds is 3. The van der Waals surface area contributed by atoms with Gasteiger partial charge in [-0.2, -0.15) is 0 Å². The molecule has 2 heterocycles. The van der Waals surface area contributed by atoms with E-state index in [2.05, 4.69) is 16.8 Å². The fraction of sp³-hybridized carbons (Fsp3) is 0.286. The molecule has 6 heteroatoms. The molecule has 2 amide bonds. The molecule has 6 nitrogen and oxygen atoms in total. The summed E-state index contributed by atoms with van der Waals surface area (Å²) in [5.41, 5.74) is 8.37. The minimum atomic E-state index is -0.604. The molecule has 1 saturated heterocycles. The molecule has 0 saturated carbocycles. The number of amides is 2. The number of hydrogen-bond acceptors (Lipinski definition) is 4. The number of nitrogens with zero attached hydrogens (tertiary/aromatic N) is 2. The molecule has 1 fully saturated rings. The van der Waals surface area contributed by atoms with E-state index in [4.69, 9.17) is 10.5 Å². The van der Waals surface area contributed by atoms with Gasteiger partial charge in [-0.15, -0.1) is 0 Å². The van der Waals surface area contributed by atoms with Crippen LogP contribution in [0, 0.1) is 24.7 Å². The lowest BCUT2D eigenvalue weighted by Crippen LogP contribution is -2.21. The maximum Gasteiger partial charge on any atom is 0.267 e. The highest BCUT2D eigenvalue weighted by Gasteiger charge is 2.27. The fourth-order valence-corrected chi connectivity index (χ4v) is 3.07. The van der Waals surface area contributed by atoms with Crippen LogP contribution in [0.25, 0.3) is 11.3 Å². The van der Waals surface area contributed by atoms with Crippen molar-refractivity contribution in [1.82, 2.24) is 9.88 Å². The van der Waals surface area contributed by atoms with Crippen LogP contribution >= 0.6 is 0 Å². The van der Waals surface area contributed by atoms with Crippen molar-refractivity contribution in [2.75, 3.05) is 20.7 Å². The third kappa shape index (κ3) is 3.77. The second-order valence-electron chi connectivity index (χ2n) is 6.50. The van der Waals surface area contributed by atoms with Gasteiger partial charge in [0.05, 0.1) is 12.8 Å². The first kappa shape index (κ1) is 18.5. The second-order valence-corrected chi connectivity index (χ2v) is 6.50. The van der Waals surface area contributed by atoms with Gasteiger partial charge in [-0.25, -0.2) is 4.98 Å². The lowest BCUT2D eigenvalue weighted by atomic mass is 10.0. The van der Waals surface area contributed by atoms with Gasteiger partial charge in [0.15, 0.2) is 0 Å². The van der Waals surface area contributed by atoms with Crippen molar-refractivity contribution in [2.45, 2.75) is 13.3 Å². The zero-order valence-corrected chi connectivity index (χ0v) is 15.6. The van der Waals surface area contributed by atoms with Gasteiger partial charge < -0.3 is 15.4 Å². The molecule has 0 spiro atoms. The molecule has 1 aromatic carbocycles. The number of ether oxygens (including phenoxy) is 1. The van der Waals surface area contributed by atoms with E-state index in [9.17, 15) is 9.59 Å². The summed E-state index contributed by atoms with van der Waals surface area (Å²) in [5.74, 6) is 5.89. The van der Waals surface area contributed by atoms with Crippen LogP contribution in [0.1, 0.15) is 28.0 Å². The number of methoxy groups -OCH3 is 1. The van der Waals surface area contributed by atoms with Crippen LogP contribution in [0.2, 0.25) is 0 Å². The molecule has 2 N–H and O–H groups in total. The molecule has 0 unspecified atom stereocenters. The Hall–Kier alpha value is -3.33. The molecule has 0 radical (unpaired) electrons. The van der Waals surface area contributed by atoms with E-state index >= 15 is 0 Å². The lowest BCUT2D eigenvalue weighted by molar-refractivity contribution is -0.128. The Morgan fingerprint density at radius 2 is 2.15 bits per heavy atom. The summed E-state index contributed by atoms with van der Waals surface area (Å²) in [5, 5.41) is 0. The minimum Gasteiger partial charge on any atom is -0.496 e. The van der Waals surface area contributed by atoms with Crippen LogP contribution < -0.4 is 10.5 Å². The molecule has 3 rings (SSSR count). The van der Waals surface area contributed by atoms with E-state index in [1.807, 2.05) is 24.3 Å². The van der Waals surface area contributed by atoms with E-state index in [0.717, 1.165) is 24.1 Å². The number of nitrogens with two attached hydrogens (primary N) is 1. The molecule has 1 atom stereocenters. The maximum absolute atomic E-state index is 12.0. The quantitative estimate of drug-likeness (QED) is 0.845. The smallest absolute Gasteiger partial charge is 0.267 e. The molecule has 1 aliphatic rings. The molecule has 27 heavy (non-hydrogen) atoms. The highest BCUT2D eigenvalue weighted by atomic mass is 16.5. The van der Waals surface area contributed by atoms with Crippen LogP contribution in [0.3, 0.4) is 0 Å². The van der Waals surface area contributed by atoms with Crippen molar-refractivity contribution in [3.8, 4) is 28.8 Å². The molecule has 138 valence electrons. The van der Waals surface area contributed by atoms with Crippen LogP contribution in [-0.2, 0) is 4.79 Å². The number of pyridine rings is 1. The Bertz CT molecular complexity index is 972. The van der Waals surface area contributed by atoms with Gasteiger partial charge in [0.2, 0.25) is 5.91 Å². The number of primary amides is 1. The van der Waals surface area contributed by atoms with Crippen LogP contribution in [0.5, 0.6) is 5.75 Å². The summed E-state index contributed by atoms with van der Waals surface area (Å²) >= 11 is 0. The first-order valence-electron chi connectivity index (χ1n) is 8.63. The highest BCUT2D eigenvalue weighted by molar-refractivity contribution is 5.93. The Morgan fingerprint density at radius 1 is 1.37 bits per heavy atom. The van der Waals surface area contributed by atoms with E-state index < -0.39 is 5.91 Å². The summed E-state index contributed by atoms with van der Waals surface area (Å²) in [6.45, 7) is 2.48. The SMILES string of the molecule is COc1cc(-c2cccc(C#C[C@@H]3CCN(C)C3=O)c2)nc(C(N)=O)c1C. The number of benzene rings is 1. The summed E-state index contributed by atoms with van der Waals surface area (Å²) < 4.78 is 5.35. The maximum atomic E-state index is 12.0. The Morgan fingerprint density at radius 3 is 2.78 bits per heavy atom. The number of carbonyl (C=O) groups is 2. The minimum absolute atomic E-state index is 0.0645. The number of hydrogen-bond donors (Lipinski definition) is 1. The highest BCUT2D eigenvalue weighted by Crippen LogP contribution is 2.27. The molecule has 2 aromatic rings. The third-order valence-electron chi connectivity index (χ3n) is 4.65. The first-order chi connectivity index (χ1) is 12.9. The predicted octanol–water partition coefficient (Wildman–Crippen LogP) is 1.99. The number of carbonyl (C=O) groups excluding carboxylic acids is 2. The van der Waals surface area contributed by atoms with Gasteiger partial charge in [-0.05, 0) is 25.5 Å². The van der Waals surface area contributed by atoms with Crippen molar-refractivity contribution < 1.29 is 14.3 Å². The third-order valence-corrected chi connectivity index (χ3v) is 4.65. The largest absolute Gasteiger partial charge is 0.496 e. The number of likely N-dealkylation sites (tertiary alicyclic amines) is 1. The summed E-state index contributed by atoms with van der Waals surface area (Å²) in [7, 11) is 3.33. The van der Waals surface area contributed by atoms with E-state index in [-0.39, 0.29) is 17.5 Å². The van der Waals surface area contributed by atoms with E-state index in [0.29, 0.717) is 17.0 Å². The second kappa shape index (κ2) is 7.50. The molecular weight excluding hydrogens is 342 g/mol. The van der Waals surface area contributed by atoms with Crippen molar-refractivity contribution in [3.05, 3.63) is 47.2 Å². The van der Waals surface area contributed by atoms with Gasteiger partial charge in [0, 0.05) is 36.3 Å². The van der Waals surface area contributed by atoms with Gasteiger partial charge in [0.25, 0.3) is 5.91 Å². The van der Waals surface area contributed by atoms with Gasteiger partial charge in [-0.1, -0.05) is 24.0 Å². The average molecular weight is 363 g/mol. The zero-order valence-electron chi connectivity index (χ0n) is 15.6. The Labute approximate surface area is 158 Å². The summed E-state index contributed by atoms with van der Waals surface area (Å²) in [6, 6.07) is 9.25. The standard InChI is InChI=1S/C21H21N3O3/c1-13-18(27-3)12-17(23-19(13)20(22)25)16-6-4-5-14(11-16)7-8-15-9-10-24(2)21(15)26/h4-6,11-12,15H,9-10H2,1-3H3,(H2,22,25)/t15-/m1/s1. The Kier molecular flexibility index (Phi) is 5.13. The number of aromatic nitrogens is 1. The van der Waals surface area contributed by atoms with Crippen molar-refractivity contribution >= 4 is 11.8 Å². The summed E-state index contributed by atoms with van der Waals surface area (Å²) in [6.07, 6.45) is 0.751. The molecule has 0 aliphatic carbocycles. The summed E-state index contributed by atoms with van der Waals surface area (Å²) in [4.78, 5) is 29.8. The molecular formula is C21H21N3O3. The van der Waals surface area contributed by atoms with Crippen molar-refractivity contribution in [2.24, 2.45) is 11.7 Å². The fourth-order valence-electron chi connectivity index (χ4n) is 3.07. The van der Waals surface area contributed by atoms with E-state index in [1.165, 1.54) is 7.11 Å². The Balaban J connectivity index is 1.96. The molecule has 0 bridgehead atoms. The van der Waals surface area contributed by atoms with Crippen LogP contribution in [-0.4, -0.2) is 42.4 Å². The molecule has 1 aromatic heterocycles. The topological polar surface area (TPSA) is 85.5 Å². The normalized spacial score (nSPS) is 16.0. The van der Waals surface area contributed by atoms with Crippen molar-refractivity contribution in [1.29, 1.82) is 0 Å². The van der Waals surface area contributed by atoms with E-state index in [1.54, 1.807) is 24.9 Å².